The second-order valence-corrected chi connectivity index (χ2v) is 8.97. The molecule has 1 fully saturated rings. The van der Waals surface area contributed by atoms with Crippen molar-refractivity contribution < 1.29 is 9.94 Å². The van der Waals surface area contributed by atoms with E-state index in [9.17, 15) is 5.11 Å². The van der Waals surface area contributed by atoms with E-state index in [1.807, 2.05) is 38.1 Å². The second kappa shape index (κ2) is 6.70. The van der Waals surface area contributed by atoms with Crippen molar-refractivity contribution in [2.45, 2.75) is 63.6 Å². The fourth-order valence-electron chi connectivity index (χ4n) is 4.69. The van der Waals surface area contributed by atoms with Gasteiger partial charge in [-0.15, -0.1) is 0 Å². The normalized spacial score (nSPS) is 18.8. The summed E-state index contributed by atoms with van der Waals surface area (Å²) in [6.45, 7) is 3.63. The predicted molar refractivity (Wildman–Crippen MR) is 115 cm³/mol. The maximum atomic E-state index is 10.6. The molecule has 2 aromatic carbocycles. The third-order valence-electron chi connectivity index (χ3n) is 6.26. The van der Waals surface area contributed by atoms with Gasteiger partial charge in [-0.3, -0.25) is 0 Å². The fourth-order valence-corrected chi connectivity index (χ4v) is 4.69. The van der Waals surface area contributed by atoms with Gasteiger partial charge in [0.05, 0.1) is 16.6 Å². The summed E-state index contributed by atoms with van der Waals surface area (Å²) in [4.78, 5) is 14.1. The highest BCUT2D eigenvalue weighted by molar-refractivity contribution is 6.01. The number of imidazole rings is 1. The first-order valence-electron chi connectivity index (χ1n) is 10.5. The summed E-state index contributed by atoms with van der Waals surface area (Å²) in [7, 11) is 0. The van der Waals surface area contributed by atoms with E-state index in [4.69, 9.17) is 9.82 Å². The Morgan fingerprint density at radius 1 is 1.07 bits per heavy atom. The third kappa shape index (κ3) is 3.33. The van der Waals surface area contributed by atoms with Crippen LogP contribution in [0.15, 0.2) is 47.6 Å². The molecule has 1 aliphatic heterocycles. The van der Waals surface area contributed by atoms with E-state index in [1.165, 1.54) is 19.3 Å². The van der Waals surface area contributed by atoms with E-state index in [-0.39, 0.29) is 5.60 Å². The molecule has 1 spiro atoms. The molecular formula is C24H27N3O2. The molecule has 1 aliphatic carbocycles. The molecule has 0 bridgehead atoms. The Balaban J connectivity index is 1.48. The van der Waals surface area contributed by atoms with E-state index in [0.29, 0.717) is 0 Å². The van der Waals surface area contributed by atoms with Crippen molar-refractivity contribution in [3.63, 3.8) is 0 Å². The largest absolute Gasteiger partial charge is 0.388 e. The van der Waals surface area contributed by atoms with Crippen molar-refractivity contribution >= 4 is 16.7 Å². The van der Waals surface area contributed by atoms with Gasteiger partial charge in [0.25, 0.3) is 0 Å². The molecule has 29 heavy (non-hydrogen) atoms. The maximum absolute atomic E-state index is 10.6. The molecule has 5 nitrogen and oxygen atoms in total. The first-order valence-corrected chi connectivity index (χ1v) is 10.5. The van der Waals surface area contributed by atoms with Gasteiger partial charge in [0.2, 0.25) is 0 Å². The summed E-state index contributed by atoms with van der Waals surface area (Å²) in [6.07, 6.45) is 6.72. The van der Waals surface area contributed by atoms with E-state index >= 15 is 0 Å². The number of nitrogens with one attached hydrogen (secondary N) is 1. The van der Waals surface area contributed by atoms with Crippen LogP contribution in [0.3, 0.4) is 0 Å². The number of aromatic nitrogens is 2. The lowest BCUT2D eigenvalue weighted by molar-refractivity contribution is -0.0449. The van der Waals surface area contributed by atoms with E-state index in [1.54, 1.807) is 0 Å². The third-order valence-corrected chi connectivity index (χ3v) is 6.26. The number of aliphatic hydroxyl groups is 1. The SMILES string of the molecule is CC(C)(O)c1ccccc1-c1ccc2[nH]c(C3=NOC4(CCCCC4)C3)nc2c1. The van der Waals surface area contributed by atoms with E-state index in [0.717, 1.165) is 58.5 Å². The average molecular weight is 389 g/mol. The Labute approximate surface area is 170 Å². The van der Waals surface area contributed by atoms with Crippen LogP contribution in [0.2, 0.25) is 0 Å². The van der Waals surface area contributed by atoms with Crippen molar-refractivity contribution in [2.75, 3.05) is 0 Å². The van der Waals surface area contributed by atoms with Gasteiger partial charge >= 0.3 is 0 Å². The number of hydrogen-bond donors (Lipinski definition) is 2. The minimum Gasteiger partial charge on any atom is -0.388 e. The first kappa shape index (κ1) is 18.4. The van der Waals surface area contributed by atoms with E-state index < -0.39 is 5.60 Å². The van der Waals surface area contributed by atoms with Crippen LogP contribution < -0.4 is 0 Å². The number of oxime groups is 1. The molecule has 3 aromatic rings. The van der Waals surface area contributed by atoms with Gasteiger partial charge in [-0.1, -0.05) is 41.9 Å². The van der Waals surface area contributed by atoms with Crippen molar-refractivity contribution in [1.29, 1.82) is 0 Å². The first-order chi connectivity index (χ1) is 13.9. The summed E-state index contributed by atoms with van der Waals surface area (Å²) < 4.78 is 0. The van der Waals surface area contributed by atoms with Crippen LogP contribution in [-0.4, -0.2) is 26.4 Å². The van der Waals surface area contributed by atoms with Crippen LogP contribution in [0.5, 0.6) is 0 Å². The lowest BCUT2D eigenvalue weighted by Gasteiger charge is -2.30. The minimum absolute atomic E-state index is 0.108. The lowest BCUT2D eigenvalue weighted by atomic mass is 9.81. The fraction of sp³-hybridized carbons (Fsp3) is 0.417. The smallest absolute Gasteiger partial charge is 0.156 e. The Hall–Kier alpha value is -2.66. The van der Waals surface area contributed by atoms with Gasteiger partial charge in [0.15, 0.2) is 5.82 Å². The Bertz CT molecular complexity index is 1080. The van der Waals surface area contributed by atoms with Crippen LogP contribution >= 0.6 is 0 Å². The molecule has 0 saturated heterocycles. The number of H-pyrrole nitrogens is 1. The topological polar surface area (TPSA) is 70.5 Å². The zero-order valence-corrected chi connectivity index (χ0v) is 17.0. The van der Waals surface area contributed by atoms with Crippen molar-refractivity contribution in [3.8, 4) is 11.1 Å². The molecule has 0 amide bonds. The van der Waals surface area contributed by atoms with Gasteiger partial charge in [0.1, 0.15) is 11.3 Å². The van der Waals surface area contributed by atoms with Crippen LogP contribution in [0.4, 0.5) is 0 Å². The minimum atomic E-state index is -0.910. The van der Waals surface area contributed by atoms with Crippen molar-refractivity contribution in [1.82, 2.24) is 9.97 Å². The zero-order valence-electron chi connectivity index (χ0n) is 17.0. The standard InChI is InChI=1S/C24H27N3O2/c1-23(2,28)18-9-5-4-8-17(18)16-10-11-19-20(14-16)26-22(25-19)21-15-24(29-27-21)12-6-3-7-13-24/h4-5,8-11,14,28H,3,6-7,12-13,15H2,1-2H3,(H,25,26). The van der Waals surface area contributed by atoms with Gasteiger partial charge in [0, 0.05) is 6.42 Å². The summed E-state index contributed by atoms with van der Waals surface area (Å²) in [5, 5.41) is 15.0. The van der Waals surface area contributed by atoms with Crippen LogP contribution in [0, 0.1) is 0 Å². The molecule has 5 heteroatoms. The van der Waals surface area contributed by atoms with Crippen molar-refractivity contribution in [3.05, 3.63) is 53.9 Å². The molecule has 1 aromatic heterocycles. The Kier molecular flexibility index (Phi) is 4.24. The molecule has 150 valence electrons. The highest BCUT2D eigenvalue weighted by atomic mass is 16.7. The molecule has 5 rings (SSSR count). The number of hydrogen-bond acceptors (Lipinski definition) is 4. The van der Waals surface area contributed by atoms with Gasteiger partial charge in [-0.25, -0.2) is 4.98 Å². The van der Waals surface area contributed by atoms with Crippen LogP contribution in [0.25, 0.3) is 22.2 Å². The number of aromatic amines is 1. The quantitative estimate of drug-likeness (QED) is 0.640. The predicted octanol–water partition coefficient (Wildman–Crippen LogP) is 5.28. The highest BCUT2D eigenvalue weighted by Crippen LogP contribution is 2.39. The second-order valence-electron chi connectivity index (χ2n) is 8.97. The molecule has 2 heterocycles. The average Bonchev–Trinajstić information content (AvgIpc) is 3.32. The lowest BCUT2D eigenvalue weighted by Crippen LogP contribution is -2.31. The number of fused-ring (bicyclic) bond motifs is 1. The van der Waals surface area contributed by atoms with Gasteiger partial charge in [-0.2, -0.15) is 0 Å². The molecule has 0 unspecified atom stereocenters. The van der Waals surface area contributed by atoms with Gasteiger partial charge < -0.3 is 14.9 Å². The monoisotopic (exact) mass is 389 g/mol. The summed E-state index contributed by atoms with van der Waals surface area (Å²) >= 11 is 0. The highest BCUT2D eigenvalue weighted by Gasteiger charge is 2.41. The summed E-state index contributed by atoms with van der Waals surface area (Å²) in [5.74, 6) is 0.801. The van der Waals surface area contributed by atoms with Crippen LogP contribution in [-0.2, 0) is 10.4 Å². The molecule has 0 atom stereocenters. The Morgan fingerprint density at radius 2 is 1.86 bits per heavy atom. The maximum Gasteiger partial charge on any atom is 0.156 e. The molecule has 2 N–H and O–H groups in total. The van der Waals surface area contributed by atoms with E-state index in [2.05, 4.69) is 28.3 Å². The number of benzene rings is 2. The molecule has 2 aliphatic rings. The molecule has 0 radical (unpaired) electrons. The number of nitrogens with zero attached hydrogens (tertiary/aromatic N) is 2. The number of rotatable bonds is 3. The van der Waals surface area contributed by atoms with Gasteiger partial charge in [-0.05, 0) is 68.4 Å². The summed E-state index contributed by atoms with van der Waals surface area (Å²) in [5.41, 5.74) is 4.75. The zero-order chi connectivity index (χ0) is 20.1. The Morgan fingerprint density at radius 3 is 2.66 bits per heavy atom. The van der Waals surface area contributed by atoms with Crippen LogP contribution in [0.1, 0.15) is 63.8 Å². The molecule has 1 saturated carbocycles. The molecular weight excluding hydrogens is 362 g/mol. The van der Waals surface area contributed by atoms with Crippen molar-refractivity contribution in [2.24, 2.45) is 5.16 Å². The summed E-state index contributed by atoms with van der Waals surface area (Å²) in [6, 6.07) is 14.2.